The Morgan fingerprint density at radius 2 is 1.34 bits per heavy atom. The van der Waals surface area contributed by atoms with Crippen LogP contribution in [0.3, 0.4) is 0 Å². The van der Waals surface area contributed by atoms with Crippen molar-refractivity contribution in [2.75, 3.05) is 36.7 Å². The van der Waals surface area contributed by atoms with E-state index in [2.05, 4.69) is 17.2 Å². The number of nitrogens with zero attached hydrogens (tertiary/aromatic N) is 2. The first-order chi connectivity index (χ1) is 23.8. The molecule has 0 unspecified atom stereocenters. The molecule has 270 valence electrons. The van der Waals surface area contributed by atoms with Crippen molar-refractivity contribution in [1.82, 2.24) is 14.9 Å². The molecule has 2 N–H and O–H groups in total. The summed E-state index contributed by atoms with van der Waals surface area (Å²) in [4.78, 5) is 23.3. The molecule has 0 atom stereocenters. The molecule has 0 spiro atoms. The summed E-state index contributed by atoms with van der Waals surface area (Å²) in [6.07, 6.45) is 9.87. The minimum Gasteiger partial charge on any atom is -0.332 e. The summed E-state index contributed by atoms with van der Waals surface area (Å²) in [5.41, 5.74) is 2.66. The van der Waals surface area contributed by atoms with Crippen molar-refractivity contribution >= 4 is 43.2 Å². The van der Waals surface area contributed by atoms with E-state index in [4.69, 9.17) is 4.98 Å². The number of unbranched alkanes of at least 4 members (excludes halogenated alkanes) is 6. The number of aromatic nitrogens is 2. The number of halogens is 2. The van der Waals surface area contributed by atoms with Gasteiger partial charge in [-0.1, -0.05) is 75.1 Å². The number of amides is 2. The van der Waals surface area contributed by atoms with E-state index in [0.29, 0.717) is 35.2 Å². The number of urea groups is 1. The van der Waals surface area contributed by atoms with Crippen molar-refractivity contribution in [1.29, 1.82) is 0 Å². The molecule has 9 nitrogen and oxygen atoms in total. The zero-order valence-electron chi connectivity index (χ0n) is 28.5. The van der Waals surface area contributed by atoms with Gasteiger partial charge in [0.2, 0.25) is 0 Å². The molecule has 0 radical (unpaired) electrons. The van der Waals surface area contributed by atoms with Crippen LogP contribution in [0.2, 0.25) is 0 Å². The van der Waals surface area contributed by atoms with E-state index in [9.17, 15) is 30.4 Å². The Morgan fingerprint density at radius 1 is 0.780 bits per heavy atom. The molecule has 0 aliphatic heterocycles. The molecule has 14 heteroatoms. The molecule has 1 heterocycles. The van der Waals surface area contributed by atoms with Gasteiger partial charge in [0.1, 0.15) is 11.6 Å². The fourth-order valence-electron chi connectivity index (χ4n) is 5.32. The Kier molecular flexibility index (Phi) is 14.0. The molecule has 0 aliphatic rings. The van der Waals surface area contributed by atoms with Crippen molar-refractivity contribution in [3.05, 3.63) is 78.4 Å². The normalized spacial score (nSPS) is 11.9. The van der Waals surface area contributed by atoms with Gasteiger partial charge in [0.15, 0.2) is 24.8 Å². The van der Waals surface area contributed by atoms with E-state index >= 15 is 0 Å². The molecule has 0 aliphatic carbocycles. The van der Waals surface area contributed by atoms with Crippen molar-refractivity contribution in [2.45, 2.75) is 73.2 Å². The van der Waals surface area contributed by atoms with Gasteiger partial charge in [0.05, 0.1) is 26.9 Å². The molecule has 2 amide bonds. The molecule has 0 fully saturated rings. The standard InChI is InChI=1S/C36H44F2N4O5S3/c1-4-5-6-7-9-22-42(36(43)39-32-21-16-28(37)25-31(32)38)23-10-8-11-24-48-35-40-33(26-12-17-29(18-13-26)49(2,44)45)34(41-35)27-14-19-30(20-15-27)50(3,46)47/h12-21,25H,4-11,22-24H2,1-3H3,(H,39,43)(H,40,41). The van der Waals surface area contributed by atoms with Crippen LogP contribution >= 0.6 is 11.8 Å². The maximum absolute atomic E-state index is 14.2. The molecular weight excluding hydrogens is 703 g/mol. The van der Waals surface area contributed by atoms with Crippen LogP contribution < -0.4 is 5.32 Å². The topological polar surface area (TPSA) is 129 Å². The molecule has 0 saturated carbocycles. The summed E-state index contributed by atoms with van der Waals surface area (Å²) < 4.78 is 75.6. The van der Waals surface area contributed by atoms with Gasteiger partial charge in [-0.3, -0.25) is 0 Å². The van der Waals surface area contributed by atoms with Crippen molar-refractivity contribution in [2.24, 2.45) is 0 Å². The van der Waals surface area contributed by atoms with Gasteiger partial charge >= 0.3 is 6.03 Å². The number of hydrogen-bond donors (Lipinski definition) is 2. The molecular formula is C36H44F2N4O5S3. The van der Waals surface area contributed by atoms with Crippen molar-refractivity contribution in [3.8, 4) is 22.5 Å². The highest BCUT2D eigenvalue weighted by Gasteiger charge is 2.18. The largest absolute Gasteiger partial charge is 0.332 e. The maximum Gasteiger partial charge on any atom is 0.321 e. The van der Waals surface area contributed by atoms with Gasteiger partial charge < -0.3 is 15.2 Å². The van der Waals surface area contributed by atoms with E-state index in [1.807, 2.05) is 0 Å². The second-order valence-corrected chi connectivity index (χ2v) is 17.3. The van der Waals surface area contributed by atoms with Crippen LogP contribution in [0.5, 0.6) is 0 Å². The zero-order valence-corrected chi connectivity index (χ0v) is 31.0. The number of benzene rings is 3. The Balaban J connectivity index is 1.39. The monoisotopic (exact) mass is 746 g/mol. The third kappa shape index (κ3) is 11.4. The number of aromatic amines is 1. The molecule has 1 aromatic heterocycles. The lowest BCUT2D eigenvalue weighted by Gasteiger charge is -2.23. The summed E-state index contributed by atoms with van der Waals surface area (Å²) in [6, 6.07) is 15.6. The SMILES string of the molecule is CCCCCCCN(CCCCCSc1nc(-c2ccc(S(C)(=O)=O)cc2)c(-c2ccc(S(C)(=O)=O)cc2)[nH]1)C(=O)Nc1ccc(F)cc1F. The average molecular weight is 747 g/mol. The van der Waals surface area contributed by atoms with Crippen LogP contribution in [0.1, 0.15) is 58.3 Å². The summed E-state index contributed by atoms with van der Waals surface area (Å²) >= 11 is 1.53. The number of carbonyl (C=O) groups excluding carboxylic acids is 1. The third-order valence-corrected chi connectivity index (χ3v) is 11.3. The first-order valence-corrected chi connectivity index (χ1v) is 21.4. The number of anilines is 1. The first kappa shape index (κ1) is 39.0. The van der Waals surface area contributed by atoms with E-state index in [1.54, 1.807) is 41.3 Å². The lowest BCUT2D eigenvalue weighted by atomic mass is 10.1. The highest BCUT2D eigenvalue weighted by atomic mass is 32.2. The minimum atomic E-state index is -3.38. The quantitative estimate of drug-likeness (QED) is 0.0771. The maximum atomic E-state index is 14.2. The lowest BCUT2D eigenvalue weighted by Crippen LogP contribution is -2.36. The fraction of sp³-hybridized carbons (Fsp3) is 0.389. The van der Waals surface area contributed by atoms with Gasteiger partial charge in [0.25, 0.3) is 0 Å². The van der Waals surface area contributed by atoms with E-state index in [-0.39, 0.29) is 15.5 Å². The number of carbonyl (C=O) groups is 1. The predicted octanol–water partition coefficient (Wildman–Crippen LogP) is 8.60. The summed E-state index contributed by atoms with van der Waals surface area (Å²) in [6.45, 7) is 3.18. The highest BCUT2D eigenvalue weighted by molar-refractivity contribution is 7.99. The van der Waals surface area contributed by atoms with Crippen molar-refractivity contribution < 1.29 is 30.4 Å². The number of nitrogens with one attached hydrogen (secondary N) is 2. The Bertz CT molecular complexity index is 1860. The summed E-state index contributed by atoms with van der Waals surface area (Å²) in [5.74, 6) is -0.796. The molecule has 4 rings (SSSR count). The van der Waals surface area contributed by atoms with Crippen LogP contribution in [0.25, 0.3) is 22.5 Å². The van der Waals surface area contributed by atoms with Crippen LogP contribution in [-0.4, -0.2) is 69.1 Å². The zero-order chi connectivity index (χ0) is 36.3. The Hall–Kier alpha value is -3.75. The van der Waals surface area contributed by atoms with Crippen LogP contribution in [0.4, 0.5) is 19.3 Å². The smallest absolute Gasteiger partial charge is 0.321 e. The summed E-state index contributed by atoms with van der Waals surface area (Å²) in [7, 11) is -6.75. The van der Waals surface area contributed by atoms with Gasteiger partial charge in [-0.05, 0) is 55.7 Å². The Morgan fingerprint density at radius 3 is 1.90 bits per heavy atom. The van der Waals surface area contributed by atoms with Gasteiger partial charge in [-0.25, -0.2) is 35.4 Å². The van der Waals surface area contributed by atoms with Crippen LogP contribution in [0.15, 0.2) is 81.7 Å². The number of hydrogen-bond acceptors (Lipinski definition) is 7. The first-order valence-electron chi connectivity index (χ1n) is 16.6. The van der Waals surface area contributed by atoms with Crippen LogP contribution in [-0.2, 0) is 19.7 Å². The average Bonchev–Trinajstić information content (AvgIpc) is 3.50. The summed E-state index contributed by atoms with van der Waals surface area (Å²) in [5, 5.41) is 3.24. The second kappa shape index (κ2) is 18.0. The van der Waals surface area contributed by atoms with E-state index in [1.165, 1.54) is 30.0 Å². The predicted molar refractivity (Wildman–Crippen MR) is 196 cm³/mol. The van der Waals surface area contributed by atoms with E-state index < -0.39 is 37.3 Å². The Labute approximate surface area is 298 Å². The lowest BCUT2D eigenvalue weighted by molar-refractivity contribution is 0.209. The number of H-pyrrole nitrogens is 1. The van der Waals surface area contributed by atoms with Crippen molar-refractivity contribution in [3.63, 3.8) is 0 Å². The van der Waals surface area contributed by atoms with Gasteiger partial charge in [-0.2, -0.15) is 0 Å². The third-order valence-electron chi connectivity index (χ3n) is 8.11. The number of sulfone groups is 2. The molecule has 0 saturated heterocycles. The molecule has 0 bridgehead atoms. The molecule has 4 aromatic rings. The van der Waals surface area contributed by atoms with Crippen LogP contribution in [0, 0.1) is 11.6 Å². The number of thioether (sulfide) groups is 1. The highest BCUT2D eigenvalue weighted by Crippen LogP contribution is 2.34. The number of rotatable bonds is 18. The minimum absolute atomic E-state index is 0.0568. The van der Waals surface area contributed by atoms with E-state index in [0.717, 1.165) is 87.3 Å². The number of imidazole rings is 1. The fourth-order valence-corrected chi connectivity index (χ4v) is 7.46. The molecule has 3 aromatic carbocycles. The van der Waals surface area contributed by atoms with Gasteiger partial charge in [-0.15, -0.1) is 0 Å². The second-order valence-electron chi connectivity index (χ2n) is 12.2. The molecule has 50 heavy (non-hydrogen) atoms. The van der Waals surface area contributed by atoms with Gasteiger partial charge in [0, 0.05) is 48.5 Å².